The smallest absolute Gasteiger partial charge is 0.238 e. The fraction of sp³-hybridized carbons (Fsp3) is 0.133. The second kappa shape index (κ2) is 7.87. The Kier molecular flexibility index (Phi) is 6.11. The maximum absolute atomic E-state index is 11.2. The molecule has 0 fully saturated rings. The molecule has 5 nitrogen and oxygen atoms in total. The Morgan fingerprint density at radius 1 is 1.09 bits per heavy atom. The van der Waals surface area contributed by atoms with Gasteiger partial charge in [-0.05, 0) is 60.6 Å². The lowest BCUT2D eigenvalue weighted by Gasteiger charge is -2.10. The van der Waals surface area contributed by atoms with E-state index in [1.165, 1.54) is 12.1 Å². The molecule has 0 atom stereocenters. The van der Waals surface area contributed by atoms with Gasteiger partial charge in [0.05, 0.1) is 4.90 Å². The second-order valence-corrected chi connectivity index (χ2v) is 7.71. The lowest BCUT2D eigenvalue weighted by molar-refractivity contribution is 0.598. The number of primary sulfonamides is 1. The van der Waals surface area contributed by atoms with E-state index in [1.54, 1.807) is 12.1 Å². The van der Waals surface area contributed by atoms with Crippen LogP contribution in [0.5, 0.6) is 0 Å². The average molecular weight is 414 g/mol. The highest BCUT2D eigenvalue weighted by Gasteiger charge is 2.06. The van der Waals surface area contributed by atoms with Crippen LogP contribution in [0.3, 0.4) is 0 Å². The van der Waals surface area contributed by atoms with Gasteiger partial charge >= 0.3 is 0 Å². The molecule has 2 rings (SSSR count). The Morgan fingerprint density at radius 2 is 1.70 bits per heavy atom. The first-order chi connectivity index (χ1) is 10.8. The summed E-state index contributed by atoms with van der Waals surface area (Å²) < 4.78 is 23.4. The number of nitrogens with one attached hydrogen (secondary N) is 2. The number of nitrogens with two attached hydrogens (primary N) is 1. The monoisotopic (exact) mass is 413 g/mol. The molecule has 0 radical (unpaired) electrons. The minimum Gasteiger partial charge on any atom is -0.362 e. The van der Waals surface area contributed by atoms with Crippen LogP contribution >= 0.6 is 28.1 Å². The van der Waals surface area contributed by atoms with Crippen LogP contribution in [0.2, 0.25) is 0 Å². The van der Waals surface area contributed by atoms with Gasteiger partial charge in [0.2, 0.25) is 10.0 Å². The minimum absolute atomic E-state index is 0.113. The highest BCUT2D eigenvalue weighted by molar-refractivity contribution is 9.10. The number of rotatable bonds is 5. The van der Waals surface area contributed by atoms with Crippen molar-refractivity contribution >= 4 is 49.0 Å². The normalized spacial score (nSPS) is 11.0. The summed E-state index contributed by atoms with van der Waals surface area (Å²) in [6.07, 6.45) is 0.715. The summed E-state index contributed by atoms with van der Waals surface area (Å²) >= 11 is 8.60. The van der Waals surface area contributed by atoms with Gasteiger partial charge in [-0.15, -0.1) is 0 Å². The summed E-state index contributed by atoms with van der Waals surface area (Å²) in [6, 6.07) is 14.2. The highest BCUT2D eigenvalue weighted by Crippen LogP contribution is 2.14. The Balaban J connectivity index is 1.80. The van der Waals surface area contributed by atoms with Crippen molar-refractivity contribution in [2.45, 2.75) is 11.3 Å². The van der Waals surface area contributed by atoms with E-state index in [9.17, 15) is 8.42 Å². The number of thiocarbonyl (C=S) groups is 1. The quantitative estimate of drug-likeness (QED) is 0.656. The number of hydrogen-bond acceptors (Lipinski definition) is 3. The van der Waals surface area contributed by atoms with Crippen molar-refractivity contribution in [3.63, 3.8) is 0 Å². The lowest BCUT2D eigenvalue weighted by atomic mass is 10.1. The van der Waals surface area contributed by atoms with Gasteiger partial charge in [0.15, 0.2) is 5.11 Å². The summed E-state index contributed by atoms with van der Waals surface area (Å²) in [4.78, 5) is 0.113. The standard InChI is InChI=1S/C15H16BrN3O2S2/c16-12-3-5-13(6-4-12)19-15(22)18-10-9-11-1-7-14(8-2-11)23(17,20)21/h1-8H,9-10H2,(H2,17,20,21)(H2,18,19,22). The van der Waals surface area contributed by atoms with Gasteiger partial charge in [0, 0.05) is 16.7 Å². The maximum Gasteiger partial charge on any atom is 0.238 e. The Hall–Kier alpha value is -1.48. The van der Waals surface area contributed by atoms with E-state index in [2.05, 4.69) is 26.6 Å². The summed E-state index contributed by atoms with van der Waals surface area (Å²) in [6.45, 7) is 0.636. The Bertz CT molecular complexity index is 775. The van der Waals surface area contributed by atoms with Crippen LogP contribution in [0.1, 0.15) is 5.56 Å². The zero-order valence-corrected chi connectivity index (χ0v) is 15.3. The molecule has 0 saturated heterocycles. The van der Waals surface area contributed by atoms with E-state index in [4.69, 9.17) is 17.4 Å². The van der Waals surface area contributed by atoms with Crippen LogP contribution in [0.25, 0.3) is 0 Å². The van der Waals surface area contributed by atoms with Crippen LogP contribution in [-0.2, 0) is 16.4 Å². The third kappa shape index (κ3) is 5.91. The van der Waals surface area contributed by atoms with Gasteiger partial charge in [0.25, 0.3) is 0 Å². The van der Waals surface area contributed by atoms with Crippen molar-refractivity contribution in [2.24, 2.45) is 5.14 Å². The van der Waals surface area contributed by atoms with E-state index in [0.29, 0.717) is 18.1 Å². The molecule has 0 bridgehead atoms. The molecule has 23 heavy (non-hydrogen) atoms. The van der Waals surface area contributed by atoms with E-state index >= 15 is 0 Å². The first-order valence-corrected chi connectivity index (χ1v) is 9.51. The lowest BCUT2D eigenvalue weighted by Crippen LogP contribution is -2.30. The molecule has 8 heteroatoms. The van der Waals surface area contributed by atoms with Crippen molar-refractivity contribution in [3.05, 3.63) is 58.6 Å². The maximum atomic E-state index is 11.2. The first-order valence-electron chi connectivity index (χ1n) is 6.77. The van der Waals surface area contributed by atoms with Crippen LogP contribution in [0.4, 0.5) is 5.69 Å². The van der Waals surface area contributed by atoms with Gasteiger partial charge in [0.1, 0.15) is 0 Å². The molecule has 2 aromatic carbocycles. The average Bonchev–Trinajstić information content (AvgIpc) is 2.49. The largest absolute Gasteiger partial charge is 0.362 e. The van der Waals surface area contributed by atoms with Gasteiger partial charge in [-0.25, -0.2) is 13.6 Å². The van der Waals surface area contributed by atoms with Crippen LogP contribution < -0.4 is 15.8 Å². The number of hydrogen-bond donors (Lipinski definition) is 3. The predicted octanol–water partition coefficient (Wildman–Crippen LogP) is 2.63. The van der Waals surface area contributed by atoms with Gasteiger partial charge in [-0.3, -0.25) is 0 Å². The number of sulfonamides is 1. The summed E-state index contributed by atoms with van der Waals surface area (Å²) in [5.41, 5.74) is 1.90. The second-order valence-electron chi connectivity index (χ2n) is 4.83. The molecule has 0 spiro atoms. The topological polar surface area (TPSA) is 84.2 Å². The zero-order valence-electron chi connectivity index (χ0n) is 12.1. The van der Waals surface area contributed by atoms with Crippen molar-refractivity contribution in [3.8, 4) is 0 Å². The fourth-order valence-corrected chi connectivity index (χ4v) is 2.87. The van der Waals surface area contributed by atoms with Crippen LogP contribution in [-0.4, -0.2) is 20.1 Å². The molecular formula is C15H16BrN3O2S2. The van der Waals surface area contributed by atoms with Crippen LogP contribution in [0, 0.1) is 0 Å². The van der Waals surface area contributed by atoms with E-state index in [0.717, 1.165) is 15.7 Å². The first kappa shape index (κ1) is 17.9. The molecule has 0 unspecified atom stereocenters. The molecule has 0 heterocycles. The zero-order chi connectivity index (χ0) is 16.9. The summed E-state index contributed by atoms with van der Waals surface area (Å²) in [5.74, 6) is 0. The number of anilines is 1. The predicted molar refractivity (Wildman–Crippen MR) is 99.9 cm³/mol. The third-order valence-corrected chi connectivity index (χ3v) is 4.76. The molecule has 0 aromatic heterocycles. The van der Waals surface area contributed by atoms with Gasteiger partial charge in [-0.2, -0.15) is 0 Å². The molecule has 0 saturated carbocycles. The summed E-state index contributed by atoms with van der Waals surface area (Å²) in [5, 5.41) is 11.8. The molecule has 0 aliphatic rings. The molecular weight excluding hydrogens is 398 g/mol. The van der Waals surface area contributed by atoms with Crippen LogP contribution in [0.15, 0.2) is 57.9 Å². The molecule has 0 amide bonds. The van der Waals surface area contributed by atoms with Crippen molar-refractivity contribution in [1.29, 1.82) is 0 Å². The number of benzene rings is 2. The molecule has 0 aliphatic carbocycles. The van der Waals surface area contributed by atoms with E-state index in [-0.39, 0.29) is 4.90 Å². The minimum atomic E-state index is -3.64. The summed E-state index contributed by atoms with van der Waals surface area (Å²) in [7, 11) is -3.64. The Labute approximate surface area is 149 Å². The van der Waals surface area contributed by atoms with Gasteiger partial charge < -0.3 is 10.6 Å². The molecule has 4 N–H and O–H groups in total. The third-order valence-electron chi connectivity index (χ3n) is 3.05. The molecule has 0 aliphatic heterocycles. The highest BCUT2D eigenvalue weighted by atomic mass is 79.9. The SMILES string of the molecule is NS(=O)(=O)c1ccc(CCNC(=S)Nc2ccc(Br)cc2)cc1. The Morgan fingerprint density at radius 3 is 2.26 bits per heavy atom. The van der Waals surface area contributed by atoms with E-state index in [1.807, 2.05) is 24.3 Å². The van der Waals surface area contributed by atoms with E-state index < -0.39 is 10.0 Å². The van der Waals surface area contributed by atoms with Gasteiger partial charge in [-0.1, -0.05) is 28.1 Å². The molecule has 122 valence electrons. The van der Waals surface area contributed by atoms with Crippen molar-refractivity contribution < 1.29 is 8.42 Å². The molecule has 2 aromatic rings. The number of halogens is 1. The van der Waals surface area contributed by atoms with Crippen molar-refractivity contribution in [2.75, 3.05) is 11.9 Å². The fourth-order valence-electron chi connectivity index (χ4n) is 1.87. The van der Waals surface area contributed by atoms with Crippen molar-refractivity contribution in [1.82, 2.24) is 5.32 Å².